The number of H-pyrrole nitrogens is 2. The molecule has 110 valence electrons. The highest BCUT2D eigenvalue weighted by Gasteiger charge is 2.17. The fourth-order valence-corrected chi connectivity index (χ4v) is 3.48. The van der Waals surface area contributed by atoms with Gasteiger partial charge in [0.15, 0.2) is 11.6 Å². The highest BCUT2D eigenvalue weighted by Crippen LogP contribution is 2.31. The number of aryl methyl sites for hydroxylation is 1. The molecule has 0 unspecified atom stereocenters. The van der Waals surface area contributed by atoms with Crippen LogP contribution in [0.15, 0.2) is 28.0 Å². The van der Waals surface area contributed by atoms with E-state index in [-0.39, 0.29) is 0 Å². The Kier molecular flexibility index (Phi) is 2.73. The Morgan fingerprint density at radius 3 is 2.91 bits per heavy atom. The fraction of sp³-hybridized carbons (Fsp3) is 0.143. The minimum Gasteiger partial charge on any atom is -0.462 e. The van der Waals surface area contributed by atoms with Crippen LogP contribution in [0.1, 0.15) is 17.9 Å². The van der Waals surface area contributed by atoms with Gasteiger partial charge in [-0.2, -0.15) is 0 Å². The molecule has 0 saturated carbocycles. The summed E-state index contributed by atoms with van der Waals surface area (Å²) in [4.78, 5) is 37.8. The first kappa shape index (κ1) is 13.0. The van der Waals surface area contributed by atoms with Crippen LogP contribution in [0.25, 0.3) is 26.2 Å². The van der Waals surface area contributed by atoms with E-state index in [1.807, 2.05) is 19.1 Å². The van der Waals surface area contributed by atoms with Crippen molar-refractivity contribution in [3.8, 4) is 0 Å². The Hall–Kier alpha value is -2.74. The number of aromatic amines is 2. The van der Waals surface area contributed by atoms with Crippen LogP contribution < -0.4 is 11.2 Å². The van der Waals surface area contributed by atoms with Crippen molar-refractivity contribution in [1.82, 2.24) is 19.9 Å². The first-order valence-electron chi connectivity index (χ1n) is 6.59. The average molecular weight is 314 g/mol. The van der Waals surface area contributed by atoms with Gasteiger partial charge in [-0.05, 0) is 25.5 Å². The standard InChI is InChI=1S/C14H10N4O3S/c1-6-8-9-10(12(19)18-14(20)16-9)22-13(8)17-11(15-6)7-4-2-3-5-21-7/h3-5H,2H2,1H3,(H2,16,18,19,20). The van der Waals surface area contributed by atoms with Crippen LogP contribution in [-0.4, -0.2) is 19.9 Å². The molecule has 2 N–H and O–H groups in total. The summed E-state index contributed by atoms with van der Waals surface area (Å²) in [6.07, 6.45) is 6.14. The lowest BCUT2D eigenvalue weighted by Gasteiger charge is -2.09. The second-order valence-electron chi connectivity index (χ2n) is 4.82. The lowest BCUT2D eigenvalue weighted by atomic mass is 10.2. The molecule has 0 radical (unpaired) electrons. The largest absolute Gasteiger partial charge is 0.462 e. The summed E-state index contributed by atoms with van der Waals surface area (Å²) in [7, 11) is 0. The lowest BCUT2D eigenvalue weighted by molar-refractivity contribution is 0.423. The second-order valence-corrected chi connectivity index (χ2v) is 5.82. The van der Waals surface area contributed by atoms with Crippen molar-refractivity contribution in [3.05, 3.63) is 50.8 Å². The van der Waals surface area contributed by atoms with Crippen LogP contribution in [0, 0.1) is 6.92 Å². The van der Waals surface area contributed by atoms with Gasteiger partial charge in [0.1, 0.15) is 9.53 Å². The van der Waals surface area contributed by atoms with E-state index >= 15 is 0 Å². The van der Waals surface area contributed by atoms with Crippen LogP contribution >= 0.6 is 11.3 Å². The number of aromatic nitrogens is 4. The summed E-state index contributed by atoms with van der Waals surface area (Å²) < 4.78 is 5.85. The molecule has 3 aromatic rings. The van der Waals surface area contributed by atoms with Crippen LogP contribution in [0.4, 0.5) is 0 Å². The van der Waals surface area contributed by atoms with E-state index in [0.29, 0.717) is 37.7 Å². The van der Waals surface area contributed by atoms with Gasteiger partial charge in [0.25, 0.3) is 5.56 Å². The molecule has 0 fully saturated rings. The van der Waals surface area contributed by atoms with Crippen LogP contribution in [0.5, 0.6) is 0 Å². The average Bonchev–Trinajstić information content (AvgIpc) is 2.87. The zero-order valence-electron chi connectivity index (χ0n) is 11.5. The summed E-state index contributed by atoms with van der Waals surface area (Å²) in [5.74, 6) is 1.06. The quantitative estimate of drug-likeness (QED) is 0.713. The van der Waals surface area contributed by atoms with E-state index in [2.05, 4.69) is 19.9 Å². The summed E-state index contributed by atoms with van der Waals surface area (Å²) >= 11 is 1.22. The van der Waals surface area contributed by atoms with Gasteiger partial charge >= 0.3 is 5.69 Å². The first-order chi connectivity index (χ1) is 10.6. The zero-order chi connectivity index (χ0) is 15.3. The Morgan fingerprint density at radius 1 is 1.27 bits per heavy atom. The molecule has 8 heteroatoms. The molecular weight excluding hydrogens is 304 g/mol. The first-order valence-corrected chi connectivity index (χ1v) is 7.41. The second kappa shape index (κ2) is 4.63. The van der Waals surface area contributed by atoms with Gasteiger partial charge < -0.3 is 9.72 Å². The molecule has 0 aromatic carbocycles. The van der Waals surface area contributed by atoms with Crippen molar-refractivity contribution in [1.29, 1.82) is 0 Å². The Labute approximate surface area is 127 Å². The molecule has 1 aliphatic heterocycles. The van der Waals surface area contributed by atoms with Crippen molar-refractivity contribution >= 4 is 37.5 Å². The van der Waals surface area contributed by atoms with Crippen LogP contribution in [-0.2, 0) is 4.74 Å². The molecule has 0 amide bonds. The molecule has 0 aliphatic carbocycles. The van der Waals surface area contributed by atoms with Gasteiger partial charge in [-0.15, -0.1) is 11.3 Å². The van der Waals surface area contributed by atoms with Crippen molar-refractivity contribution in [2.45, 2.75) is 13.3 Å². The van der Waals surface area contributed by atoms with Gasteiger partial charge in [-0.1, -0.05) is 0 Å². The summed E-state index contributed by atoms with van der Waals surface area (Å²) in [6.45, 7) is 1.82. The van der Waals surface area contributed by atoms with Crippen molar-refractivity contribution in [3.63, 3.8) is 0 Å². The number of ether oxygens (including phenoxy) is 1. The maximum atomic E-state index is 11.9. The highest BCUT2D eigenvalue weighted by atomic mass is 32.1. The van der Waals surface area contributed by atoms with Gasteiger partial charge in [0.05, 0.1) is 22.9 Å². The number of nitrogens with zero attached hydrogens (tertiary/aromatic N) is 2. The van der Waals surface area contributed by atoms with Crippen LogP contribution in [0.2, 0.25) is 0 Å². The lowest BCUT2D eigenvalue weighted by Crippen LogP contribution is -2.20. The van der Waals surface area contributed by atoms with Gasteiger partial charge in [-0.3, -0.25) is 9.78 Å². The Balaban J connectivity index is 2.05. The predicted molar refractivity (Wildman–Crippen MR) is 83.7 cm³/mol. The van der Waals surface area contributed by atoms with Crippen molar-refractivity contribution in [2.75, 3.05) is 0 Å². The maximum absolute atomic E-state index is 11.9. The van der Waals surface area contributed by atoms with Crippen molar-refractivity contribution < 1.29 is 4.74 Å². The summed E-state index contributed by atoms with van der Waals surface area (Å²) in [5.41, 5.74) is 0.214. The molecule has 4 heterocycles. The van der Waals surface area contributed by atoms with Gasteiger partial charge in [0.2, 0.25) is 0 Å². The third kappa shape index (κ3) is 1.88. The molecule has 4 rings (SSSR count). The normalized spacial score (nSPS) is 14.3. The third-order valence-electron chi connectivity index (χ3n) is 3.36. The molecule has 3 aromatic heterocycles. The van der Waals surface area contributed by atoms with E-state index in [1.54, 1.807) is 6.26 Å². The zero-order valence-corrected chi connectivity index (χ0v) is 12.3. The molecule has 0 atom stereocenters. The minimum atomic E-state index is -0.538. The summed E-state index contributed by atoms with van der Waals surface area (Å²) in [6, 6.07) is 0. The van der Waals surface area contributed by atoms with E-state index in [0.717, 1.165) is 6.42 Å². The molecule has 0 bridgehead atoms. The van der Waals surface area contributed by atoms with E-state index in [4.69, 9.17) is 4.74 Å². The number of rotatable bonds is 1. The Morgan fingerprint density at radius 2 is 2.14 bits per heavy atom. The van der Waals surface area contributed by atoms with Gasteiger partial charge in [-0.25, -0.2) is 14.8 Å². The number of nitrogens with one attached hydrogen (secondary N) is 2. The highest BCUT2D eigenvalue weighted by molar-refractivity contribution is 7.25. The monoisotopic (exact) mass is 314 g/mol. The number of thiophene rings is 1. The molecule has 0 spiro atoms. The van der Waals surface area contributed by atoms with E-state index < -0.39 is 11.2 Å². The maximum Gasteiger partial charge on any atom is 0.326 e. The predicted octanol–water partition coefficient (Wildman–Crippen LogP) is 1.80. The van der Waals surface area contributed by atoms with E-state index in [9.17, 15) is 9.59 Å². The van der Waals surface area contributed by atoms with Crippen LogP contribution in [0.3, 0.4) is 0 Å². The molecular formula is C14H10N4O3S. The third-order valence-corrected chi connectivity index (χ3v) is 4.44. The van der Waals surface area contributed by atoms with Crippen molar-refractivity contribution in [2.24, 2.45) is 0 Å². The number of hydrogen-bond donors (Lipinski definition) is 2. The fourth-order valence-electron chi connectivity index (χ4n) is 2.41. The molecule has 7 nitrogen and oxygen atoms in total. The number of allylic oxidation sites excluding steroid dienone is 2. The Bertz CT molecular complexity index is 1090. The van der Waals surface area contributed by atoms with Gasteiger partial charge in [0, 0.05) is 0 Å². The molecule has 1 aliphatic rings. The number of hydrogen-bond acceptors (Lipinski definition) is 6. The molecule has 0 saturated heterocycles. The SMILES string of the molecule is Cc1nc(C2=CCC=CO2)nc2sc3c(=O)[nH]c(=O)[nH]c3c12. The van der Waals surface area contributed by atoms with E-state index in [1.165, 1.54) is 11.3 Å². The topological polar surface area (TPSA) is 101 Å². The number of fused-ring (bicyclic) bond motifs is 3. The smallest absolute Gasteiger partial charge is 0.326 e. The summed E-state index contributed by atoms with van der Waals surface area (Å²) in [5, 5.41) is 0.693. The minimum absolute atomic E-state index is 0.418. The molecule has 22 heavy (non-hydrogen) atoms.